The second-order valence-corrected chi connectivity index (χ2v) is 6.60. The lowest BCUT2D eigenvalue weighted by atomic mass is 10.1. The second kappa shape index (κ2) is 6.15. The third-order valence-corrected chi connectivity index (χ3v) is 5.09. The lowest BCUT2D eigenvalue weighted by Gasteiger charge is -2.36. The molecule has 4 rings (SSSR count). The van der Waals surface area contributed by atoms with E-state index in [2.05, 4.69) is 4.98 Å². The molecular formula is C19H16FN3O4. The monoisotopic (exact) mass is 369 g/mol. The zero-order valence-electron chi connectivity index (χ0n) is 14.5. The molecule has 1 aliphatic rings. The summed E-state index contributed by atoms with van der Waals surface area (Å²) in [6.07, 6.45) is 1.34. The van der Waals surface area contributed by atoms with Crippen LogP contribution in [0.5, 0.6) is 0 Å². The van der Waals surface area contributed by atoms with Crippen LogP contribution in [0.3, 0.4) is 0 Å². The summed E-state index contributed by atoms with van der Waals surface area (Å²) in [7, 11) is 0. The molecule has 1 aliphatic heterocycles. The Morgan fingerprint density at radius 1 is 1.07 bits per heavy atom. The van der Waals surface area contributed by atoms with Gasteiger partial charge in [-0.1, -0.05) is 6.07 Å². The maximum Gasteiger partial charge on any atom is 0.295 e. The molecule has 1 saturated heterocycles. The third kappa shape index (κ3) is 2.56. The van der Waals surface area contributed by atoms with Crippen LogP contribution in [0, 0.1) is 12.7 Å². The number of H-pyrrole nitrogens is 1. The number of piperazine rings is 1. The lowest BCUT2D eigenvalue weighted by molar-refractivity contribution is -0.126. The van der Waals surface area contributed by atoms with Crippen LogP contribution in [-0.2, 0) is 4.79 Å². The minimum atomic E-state index is -0.773. The molecule has 2 heterocycles. The van der Waals surface area contributed by atoms with E-state index in [1.807, 2.05) is 0 Å². The summed E-state index contributed by atoms with van der Waals surface area (Å²) >= 11 is 0. The van der Waals surface area contributed by atoms with Crippen molar-refractivity contribution in [2.75, 3.05) is 31.1 Å². The van der Waals surface area contributed by atoms with Crippen molar-refractivity contribution in [3.8, 4) is 0 Å². The van der Waals surface area contributed by atoms with Gasteiger partial charge in [-0.2, -0.15) is 0 Å². The van der Waals surface area contributed by atoms with Crippen LogP contribution >= 0.6 is 0 Å². The van der Waals surface area contributed by atoms with Gasteiger partial charge in [-0.05, 0) is 19.1 Å². The lowest BCUT2D eigenvalue weighted by Crippen LogP contribution is -2.54. The van der Waals surface area contributed by atoms with Gasteiger partial charge in [0.15, 0.2) is 0 Å². The molecule has 0 atom stereocenters. The number of Topliss-reactive ketones (excluding diaryl/α,β-unsaturated/α-hetero) is 1. The van der Waals surface area contributed by atoms with Crippen LogP contribution in [0.1, 0.15) is 15.9 Å². The highest BCUT2D eigenvalue weighted by molar-refractivity contribution is 6.44. The van der Waals surface area contributed by atoms with Gasteiger partial charge in [-0.25, -0.2) is 4.39 Å². The van der Waals surface area contributed by atoms with E-state index in [9.17, 15) is 23.6 Å². The molecule has 3 aromatic rings. The van der Waals surface area contributed by atoms with Crippen molar-refractivity contribution in [2.24, 2.45) is 0 Å². The molecule has 0 unspecified atom stereocenters. The fraction of sp³-hybridized carbons (Fsp3) is 0.263. The van der Waals surface area contributed by atoms with E-state index >= 15 is 0 Å². The number of fused-ring (bicyclic) bond motifs is 1. The number of halogens is 1. The van der Waals surface area contributed by atoms with E-state index in [0.717, 1.165) is 0 Å². The Labute approximate surface area is 152 Å². The number of rotatable bonds is 3. The molecule has 0 aliphatic carbocycles. The maximum atomic E-state index is 14.1. The van der Waals surface area contributed by atoms with E-state index in [-0.39, 0.29) is 24.0 Å². The molecule has 1 fully saturated rings. The first-order valence-electron chi connectivity index (χ1n) is 8.54. The SMILES string of the molecule is Cc1c(N2CCN(C(=O)C(=O)c3c[nH]c4cccc(F)c34)CC2)c(=O)c1=O. The van der Waals surface area contributed by atoms with Crippen LogP contribution < -0.4 is 15.8 Å². The summed E-state index contributed by atoms with van der Waals surface area (Å²) in [5.74, 6) is -2.05. The summed E-state index contributed by atoms with van der Waals surface area (Å²) in [5, 5.41) is 0.105. The number of aromatic nitrogens is 1. The van der Waals surface area contributed by atoms with Crippen molar-refractivity contribution < 1.29 is 14.0 Å². The van der Waals surface area contributed by atoms with Crippen molar-refractivity contribution in [3.05, 3.63) is 61.8 Å². The van der Waals surface area contributed by atoms with Gasteiger partial charge in [0.1, 0.15) is 5.82 Å². The minimum absolute atomic E-state index is 0.00819. The molecule has 0 spiro atoms. The predicted octanol–water partition coefficient (Wildman–Crippen LogP) is 0.743. The highest BCUT2D eigenvalue weighted by Gasteiger charge is 2.31. The van der Waals surface area contributed by atoms with E-state index in [4.69, 9.17) is 0 Å². The Morgan fingerprint density at radius 2 is 1.78 bits per heavy atom. The van der Waals surface area contributed by atoms with E-state index in [0.29, 0.717) is 29.9 Å². The molecular weight excluding hydrogens is 353 g/mol. The number of amides is 1. The van der Waals surface area contributed by atoms with E-state index in [1.54, 1.807) is 17.9 Å². The molecule has 27 heavy (non-hydrogen) atoms. The molecule has 0 radical (unpaired) electrons. The van der Waals surface area contributed by atoms with Gasteiger partial charge < -0.3 is 14.8 Å². The van der Waals surface area contributed by atoms with Gasteiger partial charge in [0.2, 0.25) is 10.9 Å². The number of nitrogens with one attached hydrogen (secondary N) is 1. The van der Waals surface area contributed by atoms with Gasteiger partial charge in [0.25, 0.3) is 11.7 Å². The fourth-order valence-corrected chi connectivity index (χ4v) is 3.59. The molecule has 0 saturated carbocycles. The average Bonchev–Trinajstić information content (AvgIpc) is 3.13. The number of ketones is 1. The smallest absolute Gasteiger partial charge is 0.295 e. The van der Waals surface area contributed by atoms with Crippen molar-refractivity contribution in [2.45, 2.75) is 6.92 Å². The van der Waals surface area contributed by atoms with Crippen LogP contribution in [0.4, 0.5) is 10.1 Å². The number of benzene rings is 1. The minimum Gasteiger partial charge on any atom is -0.364 e. The summed E-state index contributed by atoms with van der Waals surface area (Å²) in [5.41, 5.74) is 0.320. The van der Waals surface area contributed by atoms with E-state index in [1.165, 1.54) is 23.2 Å². The Kier molecular flexibility index (Phi) is 3.91. The van der Waals surface area contributed by atoms with Gasteiger partial charge in [0.05, 0.1) is 11.3 Å². The largest absolute Gasteiger partial charge is 0.364 e. The van der Waals surface area contributed by atoms with Crippen molar-refractivity contribution in [1.29, 1.82) is 0 Å². The van der Waals surface area contributed by atoms with Crippen LogP contribution in [0.15, 0.2) is 34.0 Å². The number of hydrogen-bond acceptors (Lipinski definition) is 5. The number of carbonyl (C=O) groups excluding carboxylic acids is 2. The Bertz CT molecular complexity index is 1150. The zero-order valence-corrected chi connectivity index (χ0v) is 14.5. The molecule has 0 bridgehead atoms. The molecule has 8 heteroatoms. The molecule has 2 aromatic carbocycles. The van der Waals surface area contributed by atoms with Crippen LogP contribution in [0.2, 0.25) is 0 Å². The maximum absolute atomic E-state index is 14.1. The average molecular weight is 369 g/mol. The predicted molar refractivity (Wildman–Crippen MR) is 97.5 cm³/mol. The summed E-state index contributed by atoms with van der Waals surface area (Å²) in [6, 6.07) is 4.39. The standard InChI is InChI=1S/C19H16FN3O4/c1-10-15(18(26)16(10)24)22-5-7-23(8-6-22)19(27)17(25)11-9-21-13-4-2-3-12(20)14(11)13/h2-4,9,21H,5-8H2,1H3. The molecule has 7 nitrogen and oxygen atoms in total. The van der Waals surface area contributed by atoms with Crippen LogP contribution in [-0.4, -0.2) is 47.8 Å². The first-order chi connectivity index (χ1) is 12.9. The summed E-state index contributed by atoms with van der Waals surface area (Å²) in [4.78, 5) is 54.2. The Balaban J connectivity index is 1.50. The highest BCUT2D eigenvalue weighted by Crippen LogP contribution is 2.23. The van der Waals surface area contributed by atoms with Gasteiger partial charge in [-0.15, -0.1) is 0 Å². The van der Waals surface area contributed by atoms with Gasteiger partial charge >= 0.3 is 0 Å². The van der Waals surface area contributed by atoms with Gasteiger partial charge in [-0.3, -0.25) is 19.2 Å². The van der Waals surface area contributed by atoms with Gasteiger partial charge in [0, 0.05) is 48.8 Å². The highest BCUT2D eigenvalue weighted by atomic mass is 19.1. The number of anilines is 1. The quantitative estimate of drug-likeness (QED) is 0.543. The number of carbonyl (C=O) groups is 2. The number of aromatic amines is 1. The normalized spacial score (nSPS) is 14.9. The van der Waals surface area contributed by atoms with E-state index < -0.39 is 28.4 Å². The summed E-state index contributed by atoms with van der Waals surface area (Å²) in [6.45, 7) is 2.80. The molecule has 1 aromatic heterocycles. The fourth-order valence-electron chi connectivity index (χ4n) is 3.59. The van der Waals surface area contributed by atoms with Crippen molar-refractivity contribution in [1.82, 2.24) is 9.88 Å². The Morgan fingerprint density at radius 3 is 2.44 bits per heavy atom. The Hall–Kier alpha value is -3.29. The molecule has 1 N–H and O–H groups in total. The first kappa shape index (κ1) is 17.1. The first-order valence-corrected chi connectivity index (χ1v) is 8.54. The number of hydrogen-bond donors (Lipinski definition) is 1. The van der Waals surface area contributed by atoms with Crippen molar-refractivity contribution >= 4 is 28.3 Å². The second-order valence-electron chi connectivity index (χ2n) is 6.60. The zero-order chi connectivity index (χ0) is 19.3. The van der Waals surface area contributed by atoms with Crippen molar-refractivity contribution in [3.63, 3.8) is 0 Å². The topological polar surface area (TPSA) is 90.6 Å². The molecule has 138 valence electrons. The molecule has 1 amide bonds. The number of nitrogens with zero attached hydrogens (tertiary/aromatic N) is 2. The third-order valence-electron chi connectivity index (χ3n) is 5.09. The van der Waals surface area contributed by atoms with Crippen LogP contribution in [0.25, 0.3) is 10.9 Å². The summed E-state index contributed by atoms with van der Waals surface area (Å²) < 4.78 is 14.1.